The molecule has 0 radical (unpaired) electrons. The van der Waals surface area contributed by atoms with Crippen LogP contribution in [0.25, 0.3) is 0 Å². The average Bonchev–Trinajstić information content (AvgIpc) is 2.10. The van der Waals surface area contributed by atoms with Crippen molar-refractivity contribution in [2.45, 2.75) is 55.3 Å². The second-order valence-electron chi connectivity index (χ2n) is 3.24. The molecule has 0 aromatic rings. The first kappa shape index (κ1) is 21.4. The Kier molecular flexibility index (Phi) is 24.9. The fraction of sp³-hybridized carbons (Fsp3) is 0.900. The number of hydrogen-bond donors (Lipinski definition) is 0. The Morgan fingerprint density at radius 1 is 1.13 bits per heavy atom. The van der Waals surface area contributed by atoms with Gasteiger partial charge in [0.15, 0.2) is 0 Å². The van der Waals surface area contributed by atoms with Gasteiger partial charge in [0.1, 0.15) is 0 Å². The molecule has 0 rings (SSSR count). The van der Waals surface area contributed by atoms with Gasteiger partial charge in [-0.3, -0.25) is 0 Å². The van der Waals surface area contributed by atoms with Crippen LogP contribution in [0, 0.1) is 0 Å². The average molecular weight is 331 g/mol. The summed E-state index contributed by atoms with van der Waals surface area (Å²) in [5.41, 5.74) is 0. The van der Waals surface area contributed by atoms with Gasteiger partial charge in [0.05, 0.1) is 0 Å². The monoisotopic (exact) mass is 332 g/mol. The largest absolute Gasteiger partial charge is 1.00 e. The van der Waals surface area contributed by atoms with E-state index in [-0.39, 0.29) is 29.6 Å². The van der Waals surface area contributed by atoms with Crippen molar-refractivity contribution in [2.75, 3.05) is 0 Å². The minimum Gasteiger partial charge on any atom is 1.00 e. The Morgan fingerprint density at radius 3 is 1.60 bits per heavy atom. The van der Waals surface area contributed by atoms with Crippen LogP contribution < -0.4 is 34.7 Å². The van der Waals surface area contributed by atoms with E-state index in [9.17, 15) is 3.08 Å². The van der Waals surface area contributed by atoms with E-state index in [1.807, 2.05) is 0 Å². The third-order valence-corrected chi connectivity index (χ3v) is 6.82. The maximum absolute atomic E-state index is 11.2. The van der Waals surface area contributed by atoms with Crippen molar-refractivity contribution in [1.82, 2.24) is 0 Å². The van der Waals surface area contributed by atoms with E-state index in [0.717, 1.165) is 15.8 Å². The summed E-state index contributed by atoms with van der Waals surface area (Å²) in [6.45, 7) is 5.30. The van der Waals surface area contributed by atoms with Gasteiger partial charge in [-0.2, -0.15) is 0 Å². The van der Waals surface area contributed by atoms with Crippen LogP contribution in [-0.2, 0) is 7.87 Å². The van der Waals surface area contributed by atoms with Crippen molar-refractivity contribution in [3.8, 4) is 0 Å². The molecule has 0 bridgehead atoms. The molecule has 0 spiro atoms. The molecule has 0 amide bonds. The topological polar surface area (TPSA) is 57.2 Å². The quantitative estimate of drug-likeness (QED) is 0.573. The second-order valence-corrected chi connectivity index (χ2v) is 9.17. The van der Waals surface area contributed by atoms with Crippen molar-refractivity contribution < 1.29 is 42.5 Å². The first-order valence-corrected chi connectivity index (χ1v) is 10.4. The molecule has 0 unspecified atom stereocenters. The molecule has 0 heterocycles. The molecule has 84 valence electrons. The van der Waals surface area contributed by atoms with E-state index in [0.29, 0.717) is 0 Å². The van der Waals surface area contributed by atoms with Gasteiger partial charge < -0.3 is 9.90 Å². The molecule has 0 atom stereocenters. The van der Waals surface area contributed by atoms with Crippen LogP contribution in [0.15, 0.2) is 0 Å². The number of carbonyl (C=O) groups excluding carboxylic acids is 1. The zero-order valence-corrected chi connectivity index (χ0v) is 15.3. The van der Waals surface area contributed by atoms with Crippen LogP contribution in [0.1, 0.15) is 46.5 Å². The molecule has 0 saturated carbocycles. The first-order chi connectivity index (χ1) is 6.54. The summed E-state index contributed by atoms with van der Waals surface area (Å²) >= 11 is -1.99. The normalized spacial score (nSPS) is 8.20. The molecule has 0 fully saturated rings. The molecule has 5 heteroatoms. The van der Waals surface area contributed by atoms with Crippen molar-refractivity contribution in [1.29, 1.82) is 0 Å². The Morgan fingerprint density at radius 2 is 1.40 bits per heavy atom. The van der Waals surface area contributed by atoms with Gasteiger partial charge in [0, 0.05) is 5.97 Å². The standard InChI is InChI=1S/2C4H9.C2H4O2.Na.O.Sn/c2*1-3-4-2;1-2(3)4;;;/h2*1,3-4H2,2H3;1H3,(H,3,4);;;/q;;;+1;;/p-1. The molecule has 0 aliphatic carbocycles. The minimum absolute atomic E-state index is 0. The fourth-order valence-electron chi connectivity index (χ4n) is 0.873. The summed E-state index contributed by atoms with van der Waals surface area (Å²) in [4.78, 5) is 8.89. The maximum atomic E-state index is 11.2. The number of aliphatic carboxylic acids is 1. The van der Waals surface area contributed by atoms with Gasteiger partial charge in [-0.05, 0) is 6.92 Å². The van der Waals surface area contributed by atoms with Crippen LogP contribution in [-0.4, -0.2) is 25.7 Å². The number of hydrogen-bond acceptors (Lipinski definition) is 3. The molecule has 0 N–H and O–H groups in total. The number of rotatable bonds is 6. The SMILES string of the molecule is CC(=O)[O-].CCC[CH2][Sn](=[O])[CH2]CCC.[Na+]. The van der Waals surface area contributed by atoms with Crippen molar-refractivity contribution in [3.05, 3.63) is 0 Å². The summed E-state index contributed by atoms with van der Waals surface area (Å²) in [6, 6.07) is 0. The molecule has 0 saturated heterocycles. The molecule has 3 nitrogen and oxygen atoms in total. The predicted molar refractivity (Wildman–Crippen MR) is 56.6 cm³/mol. The van der Waals surface area contributed by atoms with Gasteiger partial charge in [-0.25, -0.2) is 0 Å². The van der Waals surface area contributed by atoms with Crippen molar-refractivity contribution in [2.24, 2.45) is 0 Å². The number of unbranched alkanes of at least 4 members (excludes halogenated alkanes) is 2. The third-order valence-electron chi connectivity index (χ3n) is 1.62. The number of carbonyl (C=O) groups is 1. The van der Waals surface area contributed by atoms with Gasteiger partial charge in [0.25, 0.3) is 0 Å². The summed E-state index contributed by atoms with van der Waals surface area (Å²) in [6.07, 6.45) is 4.81. The van der Waals surface area contributed by atoms with Crippen LogP contribution in [0.2, 0.25) is 8.87 Å². The van der Waals surface area contributed by atoms with E-state index < -0.39 is 25.7 Å². The van der Waals surface area contributed by atoms with Crippen molar-refractivity contribution in [3.63, 3.8) is 0 Å². The Labute approximate surface area is 122 Å². The first-order valence-electron chi connectivity index (χ1n) is 5.23. The Hall–Kier alpha value is 1.07. The maximum Gasteiger partial charge on any atom is 1.00 e. The van der Waals surface area contributed by atoms with Crippen LogP contribution in [0.3, 0.4) is 0 Å². The van der Waals surface area contributed by atoms with E-state index in [4.69, 9.17) is 9.90 Å². The van der Waals surface area contributed by atoms with E-state index >= 15 is 0 Å². The van der Waals surface area contributed by atoms with Crippen LogP contribution in [0.4, 0.5) is 0 Å². The molecule has 0 aromatic carbocycles. The van der Waals surface area contributed by atoms with Crippen LogP contribution >= 0.6 is 0 Å². The number of carboxylic acid groups (broad SMARTS) is 1. The van der Waals surface area contributed by atoms with E-state index in [2.05, 4.69) is 13.8 Å². The zero-order valence-electron chi connectivity index (χ0n) is 10.5. The second kappa shape index (κ2) is 17.5. The van der Waals surface area contributed by atoms with Gasteiger partial charge in [0.2, 0.25) is 0 Å². The summed E-state index contributed by atoms with van der Waals surface area (Å²) in [5, 5.41) is 8.89. The van der Waals surface area contributed by atoms with Crippen molar-refractivity contribution >= 4 is 25.7 Å². The summed E-state index contributed by atoms with van der Waals surface area (Å²) in [7, 11) is 0. The Bertz CT molecular complexity index is 149. The van der Waals surface area contributed by atoms with Gasteiger partial charge >= 0.3 is 101 Å². The van der Waals surface area contributed by atoms with Gasteiger partial charge in [-0.1, -0.05) is 0 Å². The third kappa shape index (κ3) is 31.3. The molecule has 0 aliphatic rings. The molecule has 15 heavy (non-hydrogen) atoms. The molecule has 0 aromatic heterocycles. The number of carboxylic acids is 1. The fourth-order valence-corrected chi connectivity index (χ4v) is 5.86. The minimum atomic E-state index is -1.99. The zero-order chi connectivity index (χ0) is 11.4. The Balaban J connectivity index is -0.000000249. The van der Waals surface area contributed by atoms with E-state index in [1.165, 1.54) is 25.7 Å². The van der Waals surface area contributed by atoms with E-state index in [1.54, 1.807) is 0 Å². The molecular weight excluding hydrogens is 310 g/mol. The summed E-state index contributed by atoms with van der Waals surface area (Å²) in [5.74, 6) is -1.08. The smallest absolute Gasteiger partial charge is 1.00 e. The molecule has 0 aliphatic heterocycles. The predicted octanol–water partition coefficient (Wildman–Crippen LogP) is -1.23. The van der Waals surface area contributed by atoms with Gasteiger partial charge in [-0.15, -0.1) is 0 Å². The summed E-state index contributed by atoms with van der Waals surface area (Å²) < 4.78 is 13.4. The molecular formula is C10H21NaO3Sn. The van der Waals surface area contributed by atoms with Crippen LogP contribution in [0.5, 0.6) is 0 Å².